The second kappa shape index (κ2) is 11.0. The van der Waals surface area contributed by atoms with Crippen molar-refractivity contribution in [1.29, 1.82) is 0 Å². The van der Waals surface area contributed by atoms with Crippen LogP contribution in [0.25, 0.3) is 0 Å². The van der Waals surface area contributed by atoms with E-state index in [2.05, 4.69) is 25.9 Å². The Morgan fingerprint density at radius 2 is 1.54 bits per heavy atom. The van der Waals surface area contributed by atoms with E-state index in [0.29, 0.717) is 22.9 Å². The molecule has 0 aliphatic carbocycles. The molecule has 0 aliphatic rings. The van der Waals surface area contributed by atoms with Crippen molar-refractivity contribution in [3.63, 3.8) is 0 Å². The second-order valence-corrected chi connectivity index (χ2v) is 7.88. The number of rotatable bonds is 6. The smallest absolute Gasteiger partial charge is 0.417 e. The number of amides is 3. The highest BCUT2D eigenvalue weighted by Gasteiger charge is 2.33. The Bertz CT molecular complexity index is 1420. The normalized spacial score (nSPS) is 10.9. The number of hydrogen-bond donors (Lipinski definition) is 3. The maximum absolute atomic E-state index is 13.0. The van der Waals surface area contributed by atoms with Crippen LogP contribution in [0.3, 0.4) is 0 Å². The van der Waals surface area contributed by atoms with Crippen LogP contribution in [0.15, 0.2) is 85.3 Å². The minimum Gasteiger partial charge on any atom is -0.457 e. The van der Waals surface area contributed by atoms with Crippen molar-refractivity contribution in [3.05, 3.63) is 102 Å². The quantitative estimate of drug-likeness (QED) is 0.255. The lowest BCUT2D eigenvalue weighted by molar-refractivity contribution is -0.137. The molecule has 0 bridgehead atoms. The van der Waals surface area contributed by atoms with Gasteiger partial charge in [-0.1, -0.05) is 11.6 Å². The first-order valence-electron chi connectivity index (χ1n) is 10.6. The van der Waals surface area contributed by atoms with Gasteiger partial charge in [0, 0.05) is 29.8 Å². The van der Waals surface area contributed by atoms with Crippen molar-refractivity contribution in [2.45, 2.75) is 6.18 Å². The molecule has 0 atom stereocenters. The summed E-state index contributed by atoms with van der Waals surface area (Å²) in [7, 11) is 0. The van der Waals surface area contributed by atoms with E-state index in [1.54, 1.807) is 36.5 Å². The summed E-state index contributed by atoms with van der Waals surface area (Å²) in [6.07, 6.45) is -0.139. The van der Waals surface area contributed by atoms with Crippen LogP contribution in [-0.2, 0) is 6.18 Å². The zero-order valence-corrected chi connectivity index (χ0v) is 19.5. The van der Waals surface area contributed by atoms with Crippen LogP contribution >= 0.6 is 11.6 Å². The predicted octanol–water partition coefficient (Wildman–Crippen LogP) is 6.84. The van der Waals surface area contributed by atoms with Gasteiger partial charge in [-0.2, -0.15) is 13.2 Å². The zero-order chi connectivity index (χ0) is 26.4. The van der Waals surface area contributed by atoms with Gasteiger partial charge in [0.1, 0.15) is 17.2 Å². The molecule has 3 amide bonds. The van der Waals surface area contributed by atoms with Gasteiger partial charge in [0.15, 0.2) is 0 Å². The molecule has 4 rings (SSSR count). The third kappa shape index (κ3) is 6.95. The number of pyridine rings is 2. The van der Waals surface area contributed by atoms with Gasteiger partial charge in [0.05, 0.1) is 22.5 Å². The third-order valence-corrected chi connectivity index (χ3v) is 5.09. The topological polar surface area (TPSA) is 105 Å². The Morgan fingerprint density at radius 1 is 0.811 bits per heavy atom. The van der Waals surface area contributed by atoms with Crippen LogP contribution < -0.4 is 20.7 Å². The number of hydrogen-bond acceptors (Lipinski definition) is 5. The Hall–Kier alpha value is -4.64. The number of ether oxygens (including phenoxy) is 1. The summed E-state index contributed by atoms with van der Waals surface area (Å²) in [5.41, 5.74) is -0.115. The van der Waals surface area contributed by atoms with E-state index in [4.69, 9.17) is 16.3 Å². The lowest BCUT2D eigenvalue weighted by atomic mass is 10.2. The summed E-state index contributed by atoms with van der Waals surface area (Å²) in [4.78, 5) is 32.6. The molecule has 12 heteroatoms. The number of nitrogens with one attached hydrogen (secondary N) is 3. The van der Waals surface area contributed by atoms with Gasteiger partial charge in [-0.25, -0.2) is 4.79 Å². The van der Waals surface area contributed by atoms with Gasteiger partial charge >= 0.3 is 12.2 Å². The summed E-state index contributed by atoms with van der Waals surface area (Å²) in [5, 5.41) is 7.05. The fourth-order valence-electron chi connectivity index (χ4n) is 3.09. The minimum atomic E-state index is -4.65. The number of halogens is 4. The lowest BCUT2D eigenvalue weighted by Gasteiger charge is -2.12. The van der Waals surface area contributed by atoms with Gasteiger partial charge < -0.3 is 20.7 Å². The number of aromatic nitrogens is 2. The third-order valence-electron chi connectivity index (χ3n) is 4.76. The number of alkyl halides is 3. The Kier molecular flexibility index (Phi) is 7.54. The minimum absolute atomic E-state index is 0.0739. The first-order valence-corrected chi connectivity index (χ1v) is 11.0. The molecule has 0 fully saturated rings. The molecule has 4 aromatic rings. The number of carbonyl (C=O) groups excluding carboxylic acids is 2. The molecule has 3 N–H and O–H groups in total. The molecule has 0 saturated carbocycles. The molecule has 0 spiro atoms. The largest absolute Gasteiger partial charge is 0.457 e. The van der Waals surface area contributed by atoms with E-state index in [1.165, 1.54) is 36.7 Å². The Labute approximate surface area is 213 Å². The average molecular weight is 528 g/mol. The summed E-state index contributed by atoms with van der Waals surface area (Å²) in [5.74, 6) is 0.323. The molecular weight excluding hydrogens is 511 g/mol. The van der Waals surface area contributed by atoms with E-state index in [9.17, 15) is 22.8 Å². The SMILES string of the molecule is O=C(Nc1ccc(Oc2ccnc(C(=O)Nc3cccnc3)c2)cc1)Nc1ccc(Cl)c(C(F)(F)F)c1. The molecule has 0 aliphatic heterocycles. The molecule has 0 unspecified atom stereocenters. The number of benzene rings is 2. The van der Waals surface area contributed by atoms with Gasteiger partial charge in [-0.3, -0.25) is 14.8 Å². The highest BCUT2D eigenvalue weighted by atomic mass is 35.5. The molecule has 37 heavy (non-hydrogen) atoms. The molecule has 2 aromatic heterocycles. The summed E-state index contributed by atoms with van der Waals surface area (Å²) in [6.45, 7) is 0. The first-order chi connectivity index (χ1) is 17.7. The van der Waals surface area contributed by atoms with Crippen molar-refractivity contribution >= 4 is 40.6 Å². The van der Waals surface area contributed by atoms with Crippen molar-refractivity contribution in [2.24, 2.45) is 0 Å². The molecular formula is C25H17ClF3N5O3. The van der Waals surface area contributed by atoms with Gasteiger partial charge in [-0.15, -0.1) is 0 Å². The van der Waals surface area contributed by atoms with E-state index in [-0.39, 0.29) is 11.4 Å². The van der Waals surface area contributed by atoms with E-state index < -0.39 is 28.7 Å². The lowest BCUT2D eigenvalue weighted by Crippen LogP contribution is -2.19. The standard InChI is InChI=1S/C25H17ClF3N5O3/c26-21-8-5-16(12-20(21)25(27,28)29)34-24(36)33-15-3-6-18(7-4-15)37-19-9-11-31-22(13-19)23(35)32-17-2-1-10-30-14-17/h1-14H,(H,32,35)(H2,33,34,36). The van der Waals surface area contributed by atoms with Crippen LogP contribution in [0.1, 0.15) is 16.1 Å². The average Bonchev–Trinajstić information content (AvgIpc) is 2.86. The number of carbonyl (C=O) groups is 2. The first kappa shape index (κ1) is 25.5. The molecule has 8 nitrogen and oxygen atoms in total. The number of urea groups is 1. The van der Waals surface area contributed by atoms with Crippen LogP contribution in [0.2, 0.25) is 5.02 Å². The Morgan fingerprint density at radius 3 is 2.24 bits per heavy atom. The fraction of sp³-hybridized carbons (Fsp3) is 0.0400. The maximum atomic E-state index is 13.0. The summed E-state index contributed by atoms with van der Waals surface area (Å²) < 4.78 is 44.8. The molecule has 0 radical (unpaired) electrons. The fourth-order valence-corrected chi connectivity index (χ4v) is 3.31. The van der Waals surface area contributed by atoms with E-state index >= 15 is 0 Å². The van der Waals surface area contributed by atoms with Crippen LogP contribution in [0.4, 0.5) is 35.0 Å². The zero-order valence-electron chi connectivity index (χ0n) is 18.7. The van der Waals surface area contributed by atoms with Crippen molar-refractivity contribution in [3.8, 4) is 11.5 Å². The van der Waals surface area contributed by atoms with Crippen LogP contribution in [0, 0.1) is 0 Å². The second-order valence-electron chi connectivity index (χ2n) is 7.47. The highest BCUT2D eigenvalue weighted by Crippen LogP contribution is 2.36. The highest BCUT2D eigenvalue weighted by molar-refractivity contribution is 6.31. The van der Waals surface area contributed by atoms with Gasteiger partial charge in [0.25, 0.3) is 5.91 Å². The van der Waals surface area contributed by atoms with Crippen LogP contribution in [0.5, 0.6) is 11.5 Å². The van der Waals surface area contributed by atoms with Crippen molar-refractivity contribution < 1.29 is 27.5 Å². The molecule has 188 valence electrons. The molecule has 2 aromatic carbocycles. The molecule has 2 heterocycles. The number of anilines is 3. The van der Waals surface area contributed by atoms with Crippen LogP contribution in [-0.4, -0.2) is 21.9 Å². The monoisotopic (exact) mass is 527 g/mol. The molecule has 0 saturated heterocycles. The van der Waals surface area contributed by atoms with Gasteiger partial charge in [-0.05, 0) is 60.7 Å². The van der Waals surface area contributed by atoms with Crippen molar-refractivity contribution in [1.82, 2.24) is 9.97 Å². The maximum Gasteiger partial charge on any atom is 0.417 e. The van der Waals surface area contributed by atoms with E-state index in [0.717, 1.165) is 12.1 Å². The Balaban J connectivity index is 1.35. The van der Waals surface area contributed by atoms with Crippen molar-refractivity contribution in [2.75, 3.05) is 16.0 Å². The van der Waals surface area contributed by atoms with E-state index in [1.807, 2.05) is 0 Å². The predicted molar refractivity (Wildman–Crippen MR) is 132 cm³/mol. The number of nitrogens with zero attached hydrogens (tertiary/aromatic N) is 2. The summed E-state index contributed by atoms with van der Waals surface area (Å²) >= 11 is 5.59. The van der Waals surface area contributed by atoms with Gasteiger partial charge in [0.2, 0.25) is 0 Å². The summed E-state index contributed by atoms with van der Waals surface area (Å²) in [6, 6.07) is 14.9.